The average Bonchev–Trinajstić information content (AvgIpc) is 2.75. The summed E-state index contributed by atoms with van der Waals surface area (Å²) >= 11 is 0. The molecule has 0 atom stereocenters. The number of piperazine rings is 1. The zero-order valence-corrected chi connectivity index (χ0v) is 16.3. The van der Waals surface area contributed by atoms with Gasteiger partial charge >= 0.3 is 5.97 Å². The summed E-state index contributed by atoms with van der Waals surface area (Å²) in [6.45, 7) is 4.21. The lowest BCUT2D eigenvalue weighted by molar-refractivity contribution is 0.0524. The molecule has 1 aliphatic rings. The molecule has 0 bridgehead atoms. The molecule has 3 aromatic rings. The molecule has 0 radical (unpaired) electrons. The molecule has 30 heavy (non-hydrogen) atoms. The Bertz CT molecular complexity index is 1160. The zero-order valence-electron chi connectivity index (χ0n) is 16.3. The summed E-state index contributed by atoms with van der Waals surface area (Å²) in [6, 6.07) is 6.59. The summed E-state index contributed by atoms with van der Waals surface area (Å²) in [5.74, 6) is -1.77. The van der Waals surface area contributed by atoms with Crippen LogP contribution < -0.4 is 15.6 Å². The third-order valence-corrected chi connectivity index (χ3v) is 4.93. The van der Waals surface area contributed by atoms with Crippen molar-refractivity contribution in [2.24, 2.45) is 0 Å². The Morgan fingerprint density at radius 3 is 2.57 bits per heavy atom. The van der Waals surface area contributed by atoms with E-state index in [4.69, 9.17) is 4.74 Å². The number of hydrogen-bond acceptors (Lipinski definition) is 6. The number of rotatable bonds is 4. The van der Waals surface area contributed by atoms with Crippen molar-refractivity contribution in [2.45, 2.75) is 6.92 Å². The van der Waals surface area contributed by atoms with Crippen molar-refractivity contribution in [2.75, 3.05) is 37.7 Å². The zero-order chi connectivity index (χ0) is 21.3. The van der Waals surface area contributed by atoms with Crippen molar-refractivity contribution < 1.29 is 18.3 Å². The molecule has 4 rings (SSSR count). The summed E-state index contributed by atoms with van der Waals surface area (Å²) in [7, 11) is 0. The van der Waals surface area contributed by atoms with Gasteiger partial charge in [-0.25, -0.2) is 18.6 Å². The number of hydrogen-bond donors (Lipinski definition) is 1. The quantitative estimate of drug-likeness (QED) is 0.660. The summed E-state index contributed by atoms with van der Waals surface area (Å²) in [6.07, 6.45) is 1.31. The first-order chi connectivity index (χ1) is 14.5. The number of ether oxygens (including phenoxy) is 1. The molecular formula is C21H20F2N4O3. The molecule has 1 fully saturated rings. The molecule has 1 aliphatic heterocycles. The number of anilines is 1. The average molecular weight is 414 g/mol. The van der Waals surface area contributed by atoms with Crippen molar-refractivity contribution in [3.8, 4) is 5.69 Å². The first-order valence-corrected chi connectivity index (χ1v) is 9.64. The maximum Gasteiger partial charge on any atom is 0.343 e. The van der Waals surface area contributed by atoms with Crippen LogP contribution in [0.1, 0.15) is 17.3 Å². The number of pyridine rings is 2. The highest BCUT2D eigenvalue weighted by Crippen LogP contribution is 2.24. The van der Waals surface area contributed by atoms with E-state index in [0.29, 0.717) is 31.9 Å². The standard InChI is InChI=1S/C21H20F2N4O3/c1-2-30-21(29)16-12-27(14-5-3-13(22)4-6-14)19-15(18(16)28)11-17(23)20(25-19)26-9-7-24-8-10-26/h3-6,11-12,24H,2,7-10H2,1H3. The van der Waals surface area contributed by atoms with Gasteiger partial charge in [-0.3, -0.25) is 4.79 Å². The van der Waals surface area contributed by atoms with Crippen LogP contribution in [0.25, 0.3) is 16.7 Å². The lowest BCUT2D eigenvalue weighted by atomic mass is 10.1. The minimum absolute atomic E-state index is 0.0544. The second kappa shape index (κ2) is 8.19. The number of aromatic nitrogens is 2. The van der Waals surface area contributed by atoms with Crippen LogP contribution in [0.15, 0.2) is 41.3 Å². The van der Waals surface area contributed by atoms with Crippen molar-refractivity contribution in [3.63, 3.8) is 0 Å². The summed E-state index contributed by atoms with van der Waals surface area (Å²) in [5.41, 5.74) is -0.267. The Hall–Kier alpha value is -3.33. The van der Waals surface area contributed by atoms with E-state index in [2.05, 4.69) is 10.3 Å². The van der Waals surface area contributed by atoms with E-state index in [0.717, 1.165) is 6.07 Å². The van der Waals surface area contributed by atoms with Crippen LogP contribution in [-0.4, -0.2) is 48.3 Å². The Kier molecular flexibility index (Phi) is 5.45. The fourth-order valence-electron chi connectivity index (χ4n) is 3.47. The van der Waals surface area contributed by atoms with Gasteiger partial charge in [-0.05, 0) is 37.3 Å². The monoisotopic (exact) mass is 414 g/mol. The second-order valence-electron chi connectivity index (χ2n) is 6.84. The fraction of sp³-hybridized carbons (Fsp3) is 0.286. The van der Waals surface area contributed by atoms with Crippen LogP contribution in [0.5, 0.6) is 0 Å². The number of nitrogens with one attached hydrogen (secondary N) is 1. The molecule has 0 spiro atoms. The number of fused-ring (bicyclic) bond motifs is 1. The molecule has 7 nitrogen and oxygen atoms in total. The lowest BCUT2D eigenvalue weighted by Crippen LogP contribution is -2.44. The van der Waals surface area contributed by atoms with Crippen LogP contribution >= 0.6 is 0 Å². The largest absolute Gasteiger partial charge is 0.462 e. The SMILES string of the molecule is CCOC(=O)c1cn(-c2ccc(F)cc2)c2nc(N3CCNCC3)c(F)cc2c1=O. The molecule has 1 saturated heterocycles. The Morgan fingerprint density at radius 1 is 1.20 bits per heavy atom. The molecule has 1 N–H and O–H groups in total. The van der Waals surface area contributed by atoms with Gasteiger partial charge in [0.2, 0.25) is 5.43 Å². The number of carbonyl (C=O) groups excluding carboxylic acids is 1. The van der Waals surface area contributed by atoms with E-state index in [9.17, 15) is 18.4 Å². The molecule has 1 aromatic carbocycles. The van der Waals surface area contributed by atoms with Gasteiger partial charge in [0.15, 0.2) is 17.3 Å². The first-order valence-electron chi connectivity index (χ1n) is 9.64. The summed E-state index contributed by atoms with van der Waals surface area (Å²) in [5, 5.41) is 3.14. The van der Waals surface area contributed by atoms with Crippen molar-refractivity contribution in [1.82, 2.24) is 14.9 Å². The molecule has 2 aromatic heterocycles. The number of nitrogens with zero attached hydrogens (tertiary/aromatic N) is 3. The van der Waals surface area contributed by atoms with Crippen molar-refractivity contribution in [1.29, 1.82) is 0 Å². The van der Waals surface area contributed by atoms with E-state index < -0.39 is 23.0 Å². The maximum absolute atomic E-state index is 14.9. The third kappa shape index (κ3) is 3.63. The molecule has 156 valence electrons. The third-order valence-electron chi connectivity index (χ3n) is 4.93. The number of benzene rings is 1. The Balaban J connectivity index is 1.98. The molecular weight excluding hydrogens is 394 g/mol. The highest BCUT2D eigenvalue weighted by Gasteiger charge is 2.23. The van der Waals surface area contributed by atoms with E-state index in [1.807, 2.05) is 0 Å². The van der Waals surface area contributed by atoms with Crippen LogP contribution in [0.2, 0.25) is 0 Å². The fourth-order valence-corrected chi connectivity index (χ4v) is 3.47. The molecule has 0 aliphatic carbocycles. The van der Waals surface area contributed by atoms with Gasteiger partial charge in [0, 0.05) is 38.1 Å². The van der Waals surface area contributed by atoms with Gasteiger partial charge in [0.05, 0.1) is 12.0 Å². The Labute approximate surface area is 170 Å². The topological polar surface area (TPSA) is 76.5 Å². The highest BCUT2D eigenvalue weighted by molar-refractivity contribution is 5.93. The van der Waals surface area contributed by atoms with E-state index >= 15 is 0 Å². The Morgan fingerprint density at radius 2 is 1.90 bits per heavy atom. The molecule has 0 amide bonds. The van der Waals surface area contributed by atoms with Crippen molar-refractivity contribution in [3.05, 3.63) is 63.9 Å². The van der Waals surface area contributed by atoms with Crippen LogP contribution in [-0.2, 0) is 4.74 Å². The van der Waals surface area contributed by atoms with Crippen molar-refractivity contribution >= 4 is 22.8 Å². The second-order valence-corrected chi connectivity index (χ2v) is 6.84. The minimum atomic E-state index is -0.813. The lowest BCUT2D eigenvalue weighted by Gasteiger charge is -2.29. The summed E-state index contributed by atoms with van der Waals surface area (Å²) in [4.78, 5) is 31.5. The molecule has 0 unspecified atom stereocenters. The number of esters is 1. The first kappa shape index (κ1) is 20.0. The predicted octanol–water partition coefficient (Wildman–Crippen LogP) is 2.25. The van der Waals surface area contributed by atoms with E-state index in [-0.39, 0.29) is 29.0 Å². The smallest absolute Gasteiger partial charge is 0.343 e. The van der Waals surface area contributed by atoms with Gasteiger partial charge in [0.25, 0.3) is 0 Å². The van der Waals surface area contributed by atoms with Gasteiger partial charge in [0.1, 0.15) is 11.4 Å². The van der Waals surface area contributed by atoms with Gasteiger partial charge < -0.3 is 19.5 Å². The van der Waals surface area contributed by atoms with Gasteiger partial charge in [-0.1, -0.05) is 0 Å². The number of halogens is 2. The molecule has 3 heterocycles. The van der Waals surface area contributed by atoms with Crippen LogP contribution in [0, 0.1) is 11.6 Å². The summed E-state index contributed by atoms with van der Waals surface area (Å²) < 4.78 is 34.8. The van der Waals surface area contributed by atoms with E-state index in [1.165, 1.54) is 35.0 Å². The van der Waals surface area contributed by atoms with Crippen LogP contribution in [0.3, 0.4) is 0 Å². The minimum Gasteiger partial charge on any atom is -0.462 e. The maximum atomic E-state index is 14.9. The number of carbonyl (C=O) groups is 1. The molecule has 0 saturated carbocycles. The van der Waals surface area contributed by atoms with Gasteiger partial charge in [-0.2, -0.15) is 0 Å². The van der Waals surface area contributed by atoms with Crippen LogP contribution in [0.4, 0.5) is 14.6 Å². The highest BCUT2D eigenvalue weighted by atomic mass is 19.1. The van der Waals surface area contributed by atoms with E-state index in [1.54, 1.807) is 11.8 Å². The molecule has 9 heteroatoms. The van der Waals surface area contributed by atoms with Gasteiger partial charge in [-0.15, -0.1) is 0 Å². The normalized spacial score (nSPS) is 14.2. The predicted molar refractivity (Wildman–Crippen MR) is 108 cm³/mol.